The maximum atomic E-state index is 13.2. The van der Waals surface area contributed by atoms with Crippen molar-refractivity contribution >= 4 is 23.4 Å². The van der Waals surface area contributed by atoms with Crippen molar-refractivity contribution in [3.05, 3.63) is 52.3 Å². The summed E-state index contributed by atoms with van der Waals surface area (Å²) >= 11 is 1.38. The molecule has 0 aromatic carbocycles. The van der Waals surface area contributed by atoms with E-state index in [0.29, 0.717) is 24.6 Å². The van der Waals surface area contributed by atoms with Crippen LogP contribution in [0.3, 0.4) is 0 Å². The monoisotopic (exact) mass is 484 g/mol. The van der Waals surface area contributed by atoms with Gasteiger partial charge in [0.1, 0.15) is 11.9 Å². The molecule has 0 radical (unpaired) electrons. The number of carbonyl (C=O) groups excluding carboxylic acids is 2. The number of imidazole rings is 1. The minimum atomic E-state index is -0.637. The number of carbonyl (C=O) groups is 2. The summed E-state index contributed by atoms with van der Waals surface area (Å²) < 4.78 is 12.5. The van der Waals surface area contributed by atoms with Gasteiger partial charge in [-0.15, -0.1) is 11.3 Å². The second kappa shape index (κ2) is 9.49. The van der Waals surface area contributed by atoms with Crippen LogP contribution in [0.15, 0.2) is 30.2 Å². The van der Waals surface area contributed by atoms with Gasteiger partial charge in [0.25, 0.3) is 0 Å². The molecule has 1 saturated heterocycles. The smallest absolute Gasteiger partial charge is 0.410 e. The number of thiazole rings is 1. The molecule has 3 aromatic rings. The van der Waals surface area contributed by atoms with E-state index >= 15 is 0 Å². The summed E-state index contributed by atoms with van der Waals surface area (Å²) in [5.41, 5.74) is 1.07. The third kappa shape index (κ3) is 5.09. The molecule has 1 fully saturated rings. The summed E-state index contributed by atoms with van der Waals surface area (Å²) in [6, 6.07) is 1.45. The van der Waals surface area contributed by atoms with Gasteiger partial charge < -0.3 is 9.47 Å². The third-order valence-electron chi connectivity index (χ3n) is 5.25. The van der Waals surface area contributed by atoms with Crippen LogP contribution in [-0.2, 0) is 9.47 Å². The lowest BCUT2D eigenvalue weighted by Crippen LogP contribution is -2.37. The zero-order valence-corrected chi connectivity index (χ0v) is 20.7. The standard InChI is InChI=1S/C23H28N6O4S/c1-6-32-20(30)17-12-34-19(26-17)15-7-9-29(22(31)33-23(3,4)5)18(15)16-11-14(2)25-21(27-16)28-10-8-24-13-28/h8,10-13,15,18H,6-7,9H2,1-5H3/t15-,18+/m1/s1. The number of rotatable bonds is 5. The molecule has 1 amide bonds. The van der Waals surface area contributed by atoms with Gasteiger partial charge in [-0.25, -0.2) is 29.5 Å². The number of nitrogens with zero attached hydrogens (tertiary/aromatic N) is 6. The molecule has 34 heavy (non-hydrogen) atoms. The first-order valence-corrected chi connectivity index (χ1v) is 12.0. The van der Waals surface area contributed by atoms with Crippen LogP contribution in [-0.4, -0.2) is 60.2 Å². The number of aromatic nitrogens is 5. The molecule has 0 aliphatic carbocycles. The fourth-order valence-corrected chi connectivity index (χ4v) is 4.87. The van der Waals surface area contributed by atoms with Crippen molar-refractivity contribution in [3.8, 4) is 5.95 Å². The van der Waals surface area contributed by atoms with Crippen LogP contribution < -0.4 is 0 Å². The fraction of sp³-hybridized carbons (Fsp3) is 0.478. The molecule has 1 aliphatic rings. The molecule has 4 rings (SSSR count). The van der Waals surface area contributed by atoms with Crippen LogP contribution in [0.4, 0.5) is 4.79 Å². The highest BCUT2D eigenvalue weighted by molar-refractivity contribution is 7.09. The van der Waals surface area contributed by atoms with Crippen LogP contribution in [0, 0.1) is 6.92 Å². The summed E-state index contributed by atoms with van der Waals surface area (Å²) in [6.07, 6.45) is 5.29. The maximum absolute atomic E-state index is 13.2. The van der Waals surface area contributed by atoms with E-state index in [2.05, 4.69) is 15.0 Å². The Labute approximate surface area is 202 Å². The quantitative estimate of drug-likeness (QED) is 0.498. The van der Waals surface area contributed by atoms with E-state index in [9.17, 15) is 9.59 Å². The first kappa shape index (κ1) is 23.8. The second-order valence-electron chi connectivity index (χ2n) is 9.01. The molecular weight excluding hydrogens is 456 g/mol. The molecule has 3 aromatic heterocycles. The van der Waals surface area contributed by atoms with Gasteiger partial charge in [0.15, 0.2) is 5.69 Å². The first-order chi connectivity index (χ1) is 16.2. The Kier molecular flexibility index (Phi) is 6.65. The van der Waals surface area contributed by atoms with Crippen molar-refractivity contribution in [1.29, 1.82) is 0 Å². The Bertz CT molecular complexity index is 1170. The highest BCUT2D eigenvalue weighted by atomic mass is 32.1. The van der Waals surface area contributed by atoms with Crippen molar-refractivity contribution in [1.82, 2.24) is 29.4 Å². The van der Waals surface area contributed by atoms with E-state index in [-0.39, 0.29) is 18.2 Å². The number of hydrogen-bond acceptors (Lipinski definition) is 9. The Morgan fingerprint density at radius 3 is 2.71 bits per heavy atom. The summed E-state index contributed by atoms with van der Waals surface area (Å²) in [4.78, 5) is 45.0. The lowest BCUT2D eigenvalue weighted by Gasteiger charge is -2.30. The molecule has 0 spiro atoms. The molecule has 1 aliphatic heterocycles. The summed E-state index contributed by atoms with van der Waals surface area (Å²) in [5, 5.41) is 2.45. The van der Waals surface area contributed by atoms with Gasteiger partial charge in [-0.3, -0.25) is 9.47 Å². The van der Waals surface area contributed by atoms with Gasteiger partial charge in [0.2, 0.25) is 5.95 Å². The molecule has 4 heterocycles. The van der Waals surface area contributed by atoms with Gasteiger partial charge in [-0.2, -0.15) is 0 Å². The molecule has 0 bridgehead atoms. The molecule has 0 N–H and O–H groups in total. The van der Waals surface area contributed by atoms with Crippen LogP contribution in [0.1, 0.15) is 73.0 Å². The SMILES string of the molecule is CCOC(=O)c1csc([C@@H]2CCN(C(=O)OC(C)(C)C)[C@@H]2c2cc(C)nc(-n3ccnc3)n2)n1. The molecule has 11 heteroatoms. The molecule has 0 unspecified atom stereocenters. The minimum absolute atomic E-state index is 0.161. The summed E-state index contributed by atoms with van der Waals surface area (Å²) in [7, 11) is 0. The minimum Gasteiger partial charge on any atom is -0.461 e. The van der Waals surface area contributed by atoms with E-state index in [0.717, 1.165) is 10.7 Å². The van der Waals surface area contributed by atoms with Crippen molar-refractivity contribution < 1.29 is 19.1 Å². The number of hydrogen-bond donors (Lipinski definition) is 0. The number of aryl methyl sites for hydroxylation is 1. The number of likely N-dealkylation sites (tertiary alicyclic amines) is 1. The third-order valence-corrected chi connectivity index (χ3v) is 6.23. The predicted octanol–water partition coefficient (Wildman–Crippen LogP) is 4.07. The fourth-order valence-electron chi connectivity index (χ4n) is 3.92. The zero-order chi connectivity index (χ0) is 24.5. The van der Waals surface area contributed by atoms with Crippen molar-refractivity contribution in [2.24, 2.45) is 0 Å². The average Bonchev–Trinajstić information content (AvgIpc) is 3.52. The number of amides is 1. The van der Waals surface area contributed by atoms with Gasteiger partial charge in [0.05, 0.1) is 23.4 Å². The van der Waals surface area contributed by atoms with Gasteiger partial charge in [-0.05, 0) is 47.1 Å². The molecule has 2 atom stereocenters. The van der Waals surface area contributed by atoms with Crippen LogP contribution in [0.2, 0.25) is 0 Å². The van der Waals surface area contributed by atoms with E-state index < -0.39 is 23.7 Å². The predicted molar refractivity (Wildman–Crippen MR) is 125 cm³/mol. The number of esters is 1. The second-order valence-corrected chi connectivity index (χ2v) is 9.90. The van der Waals surface area contributed by atoms with Crippen molar-refractivity contribution in [2.45, 2.75) is 58.6 Å². The lowest BCUT2D eigenvalue weighted by atomic mass is 9.97. The zero-order valence-electron chi connectivity index (χ0n) is 19.9. The van der Waals surface area contributed by atoms with E-state index in [1.165, 1.54) is 11.3 Å². The molecule has 10 nitrogen and oxygen atoms in total. The van der Waals surface area contributed by atoms with Crippen LogP contribution in [0.25, 0.3) is 5.95 Å². The van der Waals surface area contributed by atoms with Gasteiger partial charge >= 0.3 is 12.1 Å². The number of ether oxygens (including phenoxy) is 2. The maximum Gasteiger partial charge on any atom is 0.410 e. The molecular formula is C23H28N6O4S. The Hall–Kier alpha value is -3.34. The topological polar surface area (TPSA) is 112 Å². The van der Waals surface area contributed by atoms with Crippen LogP contribution >= 0.6 is 11.3 Å². The summed E-state index contributed by atoms with van der Waals surface area (Å²) in [6.45, 7) is 9.91. The van der Waals surface area contributed by atoms with Crippen molar-refractivity contribution in [2.75, 3.05) is 13.2 Å². The summed E-state index contributed by atoms with van der Waals surface area (Å²) in [5.74, 6) is -0.150. The normalized spacial score (nSPS) is 18.2. The Morgan fingerprint density at radius 2 is 2.03 bits per heavy atom. The largest absolute Gasteiger partial charge is 0.461 e. The molecule has 0 saturated carbocycles. The molecule has 180 valence electrons. The van der Waals surface area contributed by atoms with Crippen molar-refractivity contribution in [3.63, 3.8) is 0 Å². The first-order valence-electron chi connectivity index (χ1n) is 11.1. The van der Waals surface area contributed by atoms with E-state index in [4.69, 9.17) is 14.5 Å². The Morgan fingerprint density at radius 1 is 1.24 bits per heavy atom. The Balaban J connectivity index is 1.74. The van der Waals surface area contributed by atoms with Crippen LogP contribution in [0.5, 0.6) is 0 Å². The highest BCUT2D eigenvalue weighted by Crippen LogP contribution is 2.45. The van der Waals surface area contributed by atoms with Gasteiger partial charge in [-0.1, -0.05) is 0 Å². The van der Waals surface area contributed by atoms with E-state index in [1.54, 1.807) is 40.5 Å². The average molecular weight is 485 g/mol. The van der Waals surface area contributed by atoms with E-state index in [1.807, 2.05) is 33.8 Å². The lowest BCUT2D eigenvalue weighted by molar-refractivity contribution is 0.0213. The van der Waals surface area contributed by atoms with Gasteiger partial charge in [0, 0.05) is 35.9 Å². The highest BCUT2D eigenvalue weighted by Gasteiger charge is 2.43.